The Bertz CT molecular complexity index is 778. The summed E-state index contributed by atoms with van der Waals surface area (Å²) in [6, 6.07) is 7.83. The summed E-state index contributed by atoms with van der Waals surface area (Å²) < 4.78 is 2.13. The molecule has 1 saturated carbocycles. The van der Waals surface area contributed by atoms with Gasteiger partial charge >= 0.3 is 0 Å². The molecule has 1 aliphatic rings. The molecule has 0 spiro atoms. The lowest BCUT2D eigenvalue weighted by Crippen LogP contribution is -2.23. The maximum atomic E-state index is 12.6. The van der Waals surface area contributed by atoms with Crippen molar-refractivity contribution in [2.45, 2.75) is 68.8 Å². The molecule has 1 heterocycles. The number of nitrogens with zero attached hydrogens (tertiary/aromatic N) is 3. The van der Waals surface area contributed by atoms with Crippen LogP contribution in [0.15, 0.2) is 42.1 Å². The number of carbonyl (C=O) groups is 1. The molecule has 0 radical (unpaired) electrons. The summed E-state index contributed by atoms with van der Waals surface area (Å²) in [5.41, 5.74) is 1.98. The Labute approximate surface area is 165 Å². The molecule has 2 aromatic rings. The third kappa shape index (κ3) is 5.01. The van der Waals surface area contributed by atoms with Crippen LogP contribution in [-0.2, 0) is 11.3 Å². The highest BCUT2D eigenvalue weighted by molar-refractivity contribution is 8.00. The van der Waals surface area contributed by atoms with Crippen LogP contribution in [0.2, 0.25) is 0 Å². The van der Waals surface area contributed by atoms with Crippen molar-refractivity contribution >= 4 is 23.4 Å². The average molecular weight is 385 g/mol. The van der Waals surface area contributed by atoms with E-state index in [4.69, 9.17) is 0 Å². The second-order valence-electron chi connectivity index (χ2n) is 7.19. The first-order chi connectivity index (χ1) is 13.1. The number of carbonyl (C=O) groups excluding carboxylic acids is 1. The molecule has 1 aromatic heterocycles. The SMILES string of the molecule is C=CCn1c(SC(C)C(=O)Nc2ccc(C)cc2)nnc1C1CCCCC1. The zero-order valence-electron chi connectivity index (χ0n) is 16.1. The van der Waals surface area contributed by atoms with Crippen LogP contribution in [0.5, 0.6) is 0 Å². The third-order valence-electron chi connectivity index (χ3n) is 5.00. The van der Waals surface area contributed by atoms with Gasteiger partial charge in [-0.15, -0.1) is 16.8 Å². The van der Waals surface area contributed by atoms with E-state index in [1.807, 2.05) is 44.2 Å². The minimum atomic E-state index is -0.265. The number of aryl methyl sites for hydroxylation is 1. The number of thioether (sulfide) groups is 1. The molecule has 144 valence electrons. The van der Waals surface area contributed by atoms with Gasteiger partial charge in [0.1, 0.15) is 5.82 Å². The number of allylic oxidation sites excluding steroid dienone is 1. The Morgan fingerprint density at radius 1 is 1.30 bits per heavy atom. The molecule has 0 saturated heterocycles. The molecule has 3 rings (SSSR count). The van der Waals surface area contributed by atoms with Crippen molar-refractivity contribution in [3.8, 4) is 0 Å². The summed E-state index contributed by atoms with van der Waals surface area (Å²) >= 11 is 1.46. The van der Waals surface area contributed by atoms with Crippen LogP contribution >= 0.6 is 11.8 Å². The second-order valence-corrected chi connectivity index (χ2v) is 8.50. The maximum Gasteiger partial charge on any atom is 0.237 e. The molecular weight excluding hydrogens is 356 g/mol. The van der Waals surface area contributed by atoms with E-state index in [0.717, 1.165) is 16.7 Å². The fourth-order valence-electron chi connectivity index (χ4n) is 3.44. The Morgan fingerprint density at radius 2 is 2.00 bits per heavy atom. The summed E-state index contributed by atoms with van der Waals surface area (Å²) in [5, 5.41) is 12.4. The zero-order chi connectivity index (χ0) is 19.2. The Hall–Kier alpha value is -2.08. The van der Waals surface area contributed by atoms with E-state index in [-0.39, 0.29) is 11.2 Å². The Balaban J connectivity index is 1.69. The summed E-state index contributed by atoms with van der Waals surface area (Å²) in [7, 11) is 0. The number of amides is 1. The molecule has 1 N–H and O–H groups in total. The first-order valence-electron chi connectivity index (χ1n) is 9.66. The molecule has 1 atom stereocenters. The van der Waals surface area contributed by atoms with Crippen LogP contribution in [0.4, 0.5) is 5.69 Å². The molecule has 1 fully saturated rings. The smallest absolute Gasteiger partial charge is 0.237 e. The average Bonchev–Trinajstić information content (AvgIpc) is 3.07. The lowest BCUT2D eigenvalue weighted by atomic mass is 9.89. The maximum absolute atomic E-state index is 12.6. The van der Waals surface area contributed by atoms with Crippen molar-refractivity contribution in [1.29, 1.82) is 0 Å². The van der Waals surface area contributed by atoms with E-state index in [0.29, 0.717) is 12.5 Å². The molecule has 0 aliphatic heterocycles. The summed E-state index contributed by atoms with van der Waals surface area (Å²) in [6.07, 6.45) is 8.03. The van der Waals surface area contributed by atoms with E-state index in [1.54, 1.807) is 0 Å². The van der Waals surface area contributed by atoms with Gasteiger partial charge in [-0.05, 0) is 38.8 Å². The zero-order valence-corrected chi connectivity index (χ0v) is 17.0. The van der Waals surface area contributed by atoms with Gasteiger partial charge in [0.2, 0.25) is 5.91 Å². The molecule has 1 aromatic carbocycles. The quantitative estimate of drug-likeness (QED) is 0.542. The van der Waals surface area contributed by atoms with Gasteiger partial charge in [0.05, 0.1) is 5.25 Å². The lowest BCUT2D eigenvalue weighted by molar-refractivity contribution is -0.115. The number of aromatic nitrogens is 3. The Kier molecular flexibility index (Phi) is 6.72. The predicted octanol–water partition coefficient (Wildman–Crippen LogP) is 4.94. The fourth-order valence-corrected chi connectivity index (χ4v) is 4.31. The summed E-state index contributed by atoms with van der Waals surface area (Å²) in [5.74, 6) is 1.48. The van der Waals surface area contributed by atoms with E-state index in [1.165, 1.54) is 49.4 Å². The normalized spacial score (nSPS) is 16.1. The van der Waals surface area contributed by atoms with Crippen molar-refractivity contribution in [1.82, 2.24) is 14.8 Å². The van der Waals surface area contributed by atoms with Gasteiger partial charge in [-0.3, -0.25) is 4.79 Å². The van der Waals surface area contributed by atoms with Crippen LogP contribution in [0.3, 0.4) is 0 Å². The second kappa shape index (κ2) is 9.22. The highest BCUT2D eigenvalue weighted by atomic mass is 32.2. The lowest BCUT2D eigenvalue weighted by Gasteiger charge is -2.21. The van der Waals surface area contributed by atoms with Gasteiger partial charge in [0, 0.05) is 18.2 Å². The topological polar surface area (TPSA) is 59.8 Å². The third-order valence-corrected chi connectivity index (χ3v) is 6.08. The minimum absolute atomic E-state index is 0.0313. The number of hydrogen-bond acceptors (Lipinski definition) is 4. The van der Waals surface area contributed by atoms with Crippen molar-refractivity contribution in [2.75, 3.05) is 5.32 Å². The van der Waals surface area contributed by atoms with Gasteiger partial charge < -0.3 is 9.88 Å². The van der Waals surface area contributed by atoms with E-state index < -0.39 is 0 Å². The van der Waals surface area contributed by atoms with E-state index >= 15 is 0 Å². The number of hydrogen-bond donors (Lipinski definition) is 1. The van der Waals surface area contributed by atoms with Crippen LogP contribution in [0, 0.1) is 6.92 Å². The van der Waals surface area contributed by atoms with Crippen LogP contribution in [0.1, 0.15) is 56.3 Å². The van der Waals surface area contributed by atoms with Crippen molar-refractivity contribution in [3.05, 3.63) is 48.3 Å². The number of benzene rings is 1. The van der Waals surface area contributed by atoms with Gasteiger partial charge in [0.25, 0.3) is 0 Å². The molecule has 0 bridgehead atoms. The standard InChI is InChI=1S/C21H28N4OS/c1-4-14-25-19(17-8-6-5-7-9-17)23-24-21(25)27-16(3)20(26)22-18-12-10-15(2)11-13-18/h4,10-13,16-17H,1,5-9,14H2,2-3H3,(H,22,26). The molecule has 1 amide bonds. The fraction of sp³-hybridized carbons (Fsp3) is 0.476. The summed E-state index contributed by atoms with van der Waals surface area (Å²) in [4.78, 5) is 12.6. The first kappa shape index (κ1) is 19.7. The molecule has 6 heteroatoms. The molecule has 1 unspecified atom stereocenters. The Morgan fingerprint density at radius 3 is 2.67 bits per heavy atom. The largest absolute Gasteiger partial charge is 0.325 e. The minimum Gasteiger partial charge on any atom is -0.325 e. The van der Waals surface area contributed by atoms with Crippen LogP contribution < -0.4 is 5.32 Å². The van der Waals surface area contributed by atoms with Crippen molar-refractivity contribution in [2.24, 2.45) is 0 Å². The molecule has 27 heavy (non-hydrogen) atoms. The van der Waals surface area contributed by atoms with E-state index in [9.17, 15) is 4.79 Å². The van der Waals surface area contributed by atoms with Crippen molar-refractivity contribution in [3.63, 3.8) is 0 Å². The number of rotatable bonds is 7. The van der Waals surface area contributed by atoms with Crippen molar-refractivity contribution < 1.29 is 4.79 Å². The molecule has 1 aliphatic carbocycles. The highest BCUT2D eigenvalue weighted by Gasteiger charge is 2.25. The van der Waals surface area contributed by atoms with Crippen LogP contribution in [0.25, 0.3) is 0 Å². The molecular formula is C21H28N4OS. The van der Waals surface area contributed by atoms with Crippen LogP contribution in [-0.4, -0.2) is 25.9 Å². The molecule has 5 nitrogen and oxygen atoms in total. The summed E-state index contributed by atoms with van der Waals surface area (Å²) in [6.45, 7) is 8.48. The first-order valence-corrected chi connectivity index (χ1v) is 10.5. The predicted molar refractivity (Wildman–Crippen MR) is 111 cm³/mol. The highest BCUT2D eigenvalue weighted by Crippen LogP contribution is 2.34. The van der Waals surface area contributed by atoms with Gasteiger partial charge in [-0.25, -0.2) is 0 Å². The van der Waals surface area contributed by atoms with Gasteiger partial charge in [-0.1, -0.05) is 54.8 Å². The van der Waals surface area contributed by atoms with E-state index in [2.05, 4.69) is 26.7 Å². The van der Waals surface area contributed by atoms with Gasteiger partial charge in [0.15, 0.2) is 5.16 Å². The number of nitrogens with one attached hydrogen (secondary N) is 1. The monoisotopic (exact) mass is 384 g/mol. The van der Waals surface area contributed by atoms with Gasteiger partial charge in [-0.2, -0.15) is 0 Å². The number of anilines is 1.